The van der Waals surface area contributed by atoms with E-state index in [2.05, 4.69) is 27.3 Å². The standard InChI is InChI=1S/C20H17N3O2.C19H14N4O3/c1-25-16-5-3-14(4-6-16)17-10-13(12-21)9-15-11-18-20(24)22-7-2-8-23(18)19(15)17;1-11-15-8-12(10-20)9-16(13-2-4-14(5-3-13)23(25)26)18(15)22-7-6-21-19(24)17(11)22/h3-6,9-11H,2,7-8H2,1H3,(H,22,24);2-5,8-9H,6-7H2,1H3,(H,21,24). The average Bonchev–Trinajstić information content (AvgIpc) is 3.61. The number of benzene rings is 4. The first-order valence-electron chi connectivity index (χ1n) is 16.3. The minimum absolute atomic E-state index is 0.00850. The number of nitro benzene ring substituents is 1. The lowest BCUT2D eigenvalue weighted by molar-refractivity contribution is -0.384. The fourth-order valence-electron chi connectivity index (χ4n) is 7.00. The van der Waals surface area contributed by atoms with Crippen molar-refractivity contribution in [2.24, 2.45) is 0 Å². The van der Waals surface area contributed by atoms with E-state index in [4.69, 9.17) is 4.74 Å². The first kappa shape index (κ1) is 32.6. The number of amides is 2. The van der Waals surface area contributed by atoms with Crippen LogP contribution in [0.1, 0.15) is 44.1 Å². The lowest BCUT2D eigenvalue weighted by Gasteiger charge is -2.18. The second-order valence-electron chi connectivity index (χ2n) is 12.3. The Morgan fingerprint density at radius 2 is 1.41 bits per heavy atom. The van der Waals surface area contributed by atoms with Gasteiger partial charge in [-0.3, -0.25) is 19.7 Å². The molecular weight excluding hydrogens is 646 g/mol. The van der Waals surface area contributed by atoms with Crippen molar-refractivity contribution in [2.45, 2.75) is 26.4 Å². The smallest absolute Gasteiger partial charge is 0.269 e. The molecule has 2 aromatic heterocycles. The quantitative estimate of drug-likeness (QED) is 0.159. The van der Waals surface area contributed by atoms with Crippen molar-refractivity contribution in [3.05, 3.63) is 117 Å². The molecule has 6 aromatic rings. The normalized spacial score (nSPS) is 13.4. The summed E-state index contributed by atoms with van der Waals surface area (Å²) in [5.41, 5.74) is 8.54. The molecule has 0 unspecified atom stereocenters. The van der Waals surface area contributed by atoms with Crippen molar-refractivity contribution < 1.29 is 19.2 Å². The molecule has 51 heavy (non-hydrogen) atoms. The third kappa shape index (κ3) is 5.79. The van der Waals surface area contributed by atoms with Crippen LogP contribution in [0.4, 0.5) is 5.69 Å². The summed E-state index contributed by atoms with van der Waals surface area (Å²) in [4.78, 5) is 35.1. The molecule has 2 aliphatic rings. The first-order valence-corrected chi connectivity index (χ1v) is 16.3. The summed E-state index contributed by atoms with van der Waals surface area (Å²) in [6, 6.07) is 27.5. The van der Waals surface area contributed by atoms with E-state index >= 15 is 0 Å². The van der Waals surface area contributed by atoms with Crippen LogP contribution >= 0.6 is 0 Å². The summed E-state index contributed by atoms with van der Waals surface area (Å²) < 4.78 is 9.27. The van der Waals surface area contributed by atoms with Crippen LogP contribution in [-0.4, -0.2) is 46.1 Å². The molecule has 0 fully saturated rings. The van der Waals surface area contributed by atoms with Gasteiger partial charge in [-0.25, -0.2) is 0 Å². The number of ether oxygens (including phenoxy) is 1. The highest BCUT2D eigenvalue weighted by atomic mass is 16.6. The van der Waals surface area contributed by atoms with Crippen LogP contribution in [0, 0.1) is 39.7 Å². The molecule has 0 atom stereocenters. The number of non-ortho nitro benzene ring substituents is 1. The highest BCUT2D eigenvalue weighted by Gasteiger charge is 2.26. The fraction of sp³-hybridized carbons (Fsp3) is 0.179. The second-order valence-corrected chi connectivity index (χ2v) is 12.3. The maximum Gasteiger partial charge on any atom is 0.269 e. The predicted octanol–water partition coefficient (Wildman–Crippen LogP) is 6.46. The van der Waals surface area contributed by atoms with E-state index in [0.717, 1.165) is 68.3 Å². The zero-order chi connectivity index (χ0) is 35.8. The van der Waals surface area contributed by atoms with E-state index in [1.54, 1.807) is 31.4 Å². The van der Waals surface area contributed by atoms with Crippen molar-refractivity contribution in [1.29, 1.82) is 10.5 Å². The van der Waals surface area contributed by atoms with Crippen LogP contribution in [-0.2, 0) is 13.1 Å². The summed E-state index contributed by atoms with van der Waals surface area (Å²) in [5, 5.41) is 37.2. The van der Waals surface area contributed by atoms with E-state index in [0.29, 0.717) is 42.1 Å². The van der Waals surface area contributed by atoms with Gasteiger partial charge < -0.3 is 24.5 Å². The Morgan fingerprint density at radius 3 is 2.06 bits per heavy atom. The molecule has 2 N–H and O–H groups in total. The maximum atomic E-state index is 12.3. The molecule has 4 aromatic carbocycles. The number of nitrogens with one attached hydrogen (secondary N) is 2. The Kier molecular flexibility index (Phi) is 8.43. The van der Waals surface area contributed by atoms with Crippen LogP contribution in [0.5, 0.6) is 5.75 Å². The minimum Gasteiger partial charge on any atom is -0.497 e. The lowest BCUT2D eigenvalue weighted by atomic mass is 9.98. The molecule has 2 amide bonds. The van der Waals surface area contributed by atoms with Gasteiger partial charge in [-0.1, -0.05) is 12.1 Å². The van der Waals surface area contributed by atoms with Crippen LogP contribution < -0.4 is 15.4 Å². The molecule has 0 aliphatic carbocycles. The zero-order valence-corrected chi connectivity index (χ0v) is 27.8. The predicted molar refractivity (Wildman–Crippen MR) is 191 cm³/mol. The zero-order valence-electron chi connectivity index (χ0n) is 27.8. The topological polar surface area (TPSA) is 168 Å². The molecule has 252 valence electrons. The Bertz CT molecular complexity index is 2480. The van der Waals surface area contributed by atoms with Gasteiger partial charge in [-0.2, -0.15) is 10.5 Å². The van der Waals surface area contributed by atoms with Crippen molar-refractivity contribution in [3.8, 4) is 40.1 Å². The number of hydrogen-bond acceptors (Lipinski definition) is 7. The van der Waals surface area contributed by atoms with Gasteiger partial charge in [0.2, 0.25) is 0 Å². The van der Waals surface area contributed by atoms with Gasteiger partial charge in [0.05, 0.1) is 46.3 Å². The molecule has 0 spiro atoms. The number of nitriles is 2. The van der Waals surface area contributed by atoms with Gasteiger partial charge in [0.25, 0.3) is 17.5 Å². The molecular formula is C39H31N7O5. The molecule has 4 heterocycles. The SMILES string of the molecule is COc1ccc(-c2cc(C#N)cc3cc4n(c23)CCCNC4=O)cc1.Cc1c2n(c3c(-c4ccc([N+](=O)[O-])cc4)cc(C#N)cc13)CCNC2=O. The number of fused-ring (bicyclic) bond motifs is 6. The van der Waals surface area contributed by atoms with Crippen molar-refractivity contribution >= 4 is 39.3 Å². The van der Waals surface area contributed by atoms with Gasteiger partial charge >= 0.3 is 0 Å². The van der Waals surface area contributed by atoms with E-state index in [9.17, 15) is 30.2 Å². The Labute approximate surface area is 292 Å². The van der Waals surface area contributed by atoms with Crippen LogP contribution in [0.15, 0.2) is 78.9 Å². The van der Waals surface area contributed by atoms with Crippen molar-refractivity contribution in [1.82, 2.24) is 19.8 Å². The number of aryl methyl sites for hydroxylation is 2. The van der Waals surface area contributed by atoms with E-state index in [1.807, 2.05) is 54.0 Å². The molecule has 0 saturated heterocycles. The summed E-state index contributed by atoms with van der Waals surface area (Å²) in [6.07, 6.45) is 0.880. The molecule has 2 aliphatic heterocycles. The van der Waals surface area contributed by atoms with E-state index < -0.39 is 4.92 Å². The third-order valence-electron chi connectivity index (χ3n) is 9.36. The first-order chi connectivity index (χ1) is 24.7. The van der Waals surface area contributed by atoms with Gasteiger partial charge in [0, 0.05) is 60.2 Å². The number of nitrogens with zero attached hydrogens (tertiary/aromatic N) is 5. The van der Waals surface area contributed by atoms with Gasteiger partial charge in [-0.15, -0.1) is 0 Å². The largest absolute Gasteiger partial charge is 0.497 e. The number of carbonyl (C=O) groups is 2. The minimum atomic E-state index is -0.446. The van der Waals surface area contributed by atoms with Gasteiger partial charge in [-0.05, 0) is 84.6 Å². The molecule has 12 heteroatoms. The van der Waals surface area contributed by atoms with Gasteiger partial charge in [0.15, 0.2) is 0 Å². The van der Waals surface area contributed by atoms with E-state index in [1.165, 1.54) is 12.1 Å². The molecule has 8 rings (SSSR count). The highest BCUT2D eigenvalue weighted by molar-refractivity contribution is 6.07. The third-order valence-corrected chi connectivity index (χ3v) is 9.36. The number of methoxy groups -OCH3 is 1. The average molecular weight is 678 g/mol. The highest BCUT2D eigenvalue weighted by Crippen LogP contribution is 2.37. The molecule has 0 saturated carbocycles. The van der Waals surface area contributed by atoms with E-state index in [-0.39, 0.29) is 17.5 Å². The monoisotopic (exact) mass is 677 g/mol. The van der Waals surface area contributed by atoms with Crippen molar-refractivity contribution in [2.75, 3.05) is 20.2 Å². The van der Waals surface area contributed by atoms with Crippen LogP contribution in [0.3, 0.4) is 0 Å². The number of rotatable bonds is 4. The lowest BCUT2D eigenvalue weighted by Crippen LogP contribution is -2.35. The molecule has 12 nitrogen and oxygen atoms in total. The number of nitro groups is 1. The second kappa shape index (κ2) is 13.2. The van der Waals surface area contributed by atoms with Crippen molar-refractivity contribution in [3.63, 3.8) is 0 Å². The number of carbonyl (C=O) groups excluding carboxylic acids is 2. The van der Waals surface area contributed by atoms with Gasteiger partial charge in [0.1, 0.15) is 17.1 Å². The summed E-state index contributed by atoms with van der Waals surface area (Å²) in [7, 11) is 1.63. The van der Waals surface area contributed by atoms with Crippen LogP contribution in [0.2, 0.25) is 0 Å². The molecule has 0 radical (unpaired) electrons. The molecule has 0 bridgehead atoms. The Morgan fingerprint density at radius 1 is 0.784 bits per heavy atom. The Hall–Kier alpha value is -6.92. The summed E-state index contributed by atoms with van der Waals surface area (Å²) in [6.45, 7) is 4.49. The Balaban J connectivity index is 0.000000159. The fourth-order valence-corrected chi connectivity index (χ4v) is 7.00. The summed E-state index contributed by atoms with van der Waals surface area (Å²) >= 11 is 0. The number of aromatic nitrogens is 2. The number of hydrogen-bond donors (Lipinski definition) is 2. The maximum absolute atomic E-state index is 12.3. The van der Waals surface area contributed by atoms with Crippen LogP contribution in [0.25, 0.3) is 44.1 Å². The summed E-state index contributed by atoms with van der Waals surface area (Å²) in [5.74, 6) is 0.593.